The van der Waals surface area contributed by atoms with Gasteiger partial charge in [0.2, 0.25) is 0 Å². The molecule has 0 amide bonds. The minimum atomic E-state index is -3.74. The molecule has 0 bridgehead atoms. The third-order valence-electron chi connectivity index (χ3n) is 3.76. The van der Waals surface area contributed by atoms with Crippen LogP contribution in [-0.2, 0) is 24.4 Å². The van der Waals surface area contributed by atoms with Gasteiger partial charge in [0.05, 0.1) is 15.2 Å². The van der Waals surface area contributed by atoms with Crippen molar-refractivity contribution in [3.8, 4) is 0 Å². The molecule has 22 heavy (non-hydrogen) atoms. The summed E-state index contributed by atoms with van der Waals surface area (Å²) in [5.41, 5.74) is 0. The van der Waals surface area contributed by atoms with Gasteiger partial charge in [0, 0.05) is 0 Å². The van der Waals surface area contributed by atoms with Crippen LogP contribution in [0.3, 0.4) is 0 Å². The van der Waals surface area contributed by atoms with Crippen LogP contribution in [0.15, 0.2) is 0 Å². The Hall–Kier alpha value is 1.29. The molecular formula is C16H33NaO3S2. The van der Waals surface area contributed by atoms with Gasteiger partial charge in [-0.25, -0.2) is 4.21 Å². The molecule has 2 unspecified atom stereocenters. The summed E-state index contributed by atoms with van der Waals surface area (Å²) in [6.07, 6.45) is 14.6. The molecule has 0 fully saturated rings. The van der Waals surface area contributed by atoms with E-state index in [2.05, 4.69) is 25.0 Å². The molecule has 128 valence electrons. The summed E-state index contributed by atoms with van der Waals surface area (Å²) in [7, 11) is -3.74. The Morgan fingerprint density at radius 2 is 1.23 bits per heavy atom. The van der Waals surface area contributed by atoms with Crippen molar-refractivity contribution in [2.75, 3.05) is 0 Å². The van der Waals surface area contributed by atoms with Gasteiger partial charge in [-0.1, -0.05) is 84.5 Å². The second-order valence-corrected chi connectivity index (χ2v) is 8.12. The number of hydrogen-bond donors (Lipinski definition) is 0. The van der Waals surface area contributed by atoms with Gasteiger partial charge in [-0.2, -0.15) is 0 Å². The number of hydrogen-bond acceptors (Lipinski definition) is 4. The van der Waals surface area contributed by atoms with Gasteiger partial charge in [0.15, 0.2) is 0 Å². The topological polar surface area (TPSA) is 49.4 Å². The van der Waals surface area contributed by atoms with Crippen molar-refractivity contribution in [2.24, 2.45) is 0 Å². The first-order chi connectivity index (χ1) is 9.99. The zero-order chi connectivity index (χ0) is 16.0. The summed E-state index contributed by atoms with van der Waals surface area (Å²) >= 11 is 4.36. The van der Waals surface area contributed by atoms with Crippen molar-refractivity contribution in [2.45, 2.75) is 103 Å². The summed E-state index contributed by atoms with van der Waals surface area (Å²) in [4.78, 5) is 0. The van der Waals surface area contributed by atoms with Gasteiger partial charge in [-0.3, -0.25) is 4.18 Å². The molecule has 0 aromatic heterocycles. The van der Waals surface area contributed by atoms with Crippen LogP contribution in [0.25, 0.3) is 0 Å². The zero-order valence-electron chi connectivity index (χ0n) is 14.8. The van der Waals surface area contributed by atoms with Crippen LogP contribution < -0.4 is 29.6 Å². The monoisotopic (exact) mass is 360 g/mol. The largest absolute Gasteiger partial charge is 1.00 e. The minimum absolute atomic E-state index is 0. The summed E-state index contributed by atoms with van der Waals surface area (Å²) < 4.78 is 27.3. The predicted molar refractivity (Wildman–Crippen MR) is 92.5 cm³/mol. The van der Waals surface area contributed by atoms with Crippen LogP contribution in [0.5, 0.6) is 0 Å². The van der Waals surface area contributed by atoms with Gasteiger partial charge < -0.3 is 4.55 Å². The smallest absolute Gasteiger partial charge is 0.748 e. The SMILES string of the molecule is CCCCCCCCCC(CCCCCC)OS(=O)([O-])=S.[Na+]. The minimum Gasteiger partial charge on any atom is -0.748 e. The van der Waals surface area contributed by atoms with E-state index in [4.69, 9.17) is 4.18 Å². The van der Waals surface area contributed by atoms with Crippen molar-refractivity contribution < 1.29 is 42.5 Å². The van der Waals surface area contributed by atoms with Crippen LogP contribution in [0.2, 0.25) is 0 Å². The molecule has 0 aromatic carbocycles. The Kier molecular flexibility index (Phi) is 19.9. The second kappa shape index (κ2) is 17.1. The maximum atomic E-state index is 11.1. The van der Waals surface area contributed by atoms with E-state index in [1.807, 2.05) is 0 Å². The first-order valence-electron chi connectivity index (χ1n) is 8.63. The zero-order valence-corrected chi connectivity index (χ0v) is 18.4. The molecule has 0 radical (unpaired) electrons. The van der Waals surface area contributed by atoms with E-state index < -0.39 is 9.05 Å². The van der Waals surface area contributed by atoms with Gasteiger partial charge in [-0.15, -0.1) is 0 Å². The second-order valence-electron chi connectivity index (χ2n) is 5.89. The Labute approximate surface area is 165 Å². The van der Waals surface area contributed by atoms with Gasteiger partial charge in [0.25, 0.3) is 0 Å². The van der Waals surface area contributed by atoms with Crippen LogP contribution in [0.4, 0.5) is 0 Å². The number of unbranched alkanes of at least 4 members (excludes halogenated alkanes) is 9. The molecule has 0 aliphatic carbocycles. The van der Waals surface area contributed by atoms with Gasteiger partial charge >= 0.3 is 29.6 Å². The quantitative estimate of drug-likeness (QED) is 0.332. The van der Waals surface area contributed by atoms with Crippen molar-refractivity contribution in [3.05, 3.63) is 0 Å². The van der Waals surface area contributed by atoms with Crippen LogP contribution in [0, 0.1) is 0 Å². The fraction of sp³-hybridized carbons (Fsp3) is 1.00. The molecule has 0 saturated carbocycles. The average molecular weight is 361 g/mol. The molecule has 3 nitrogen and oxygen atoms in total. The average Bonchev–Trinajstić information content (AvgIpc) is 2.40. The van der Waals surface area contributed by atoms with E-state index in [-0.39, 0.29) is 35.7 Å². The van der Waals surface area contributed by atoms with Crippen molar-refractivity contribution >= 4 is 20.2 Å². The molecule has 0 spiro atoms. The van der Waals surface area contributed by atoms with Gasteiger partial charge in [-0.05, 0) is 24.0 Å². The molecule has 6 heteroatoms. The van der Waals surface area contributed by atoms with E-state index in [0.717, 1.165) is 38.5 Å². The van der Waals surface area contributed by atoms with Crippen LogP contribution in [0.1, 0.15) is 97.3 Å². The molecule has 0 saturated heterocycles. The normalized spacial score (nSPS) is 15.0. The molecule has 0 rings (SSSR count). The molecule has 2 atom stereocenters. The fourth-order valence-electron chi connectivity index (χ4n) is 2.54. The van der Waals surface area contributed by atoms with E-state index in [1.54, 1.807) is 0 Å². The van der Waals surface area contributed by atoms with Gasteiger partial charge in [0.1, 0.15) is 0 Å². The third-order valence-corrected chi connectivity index (χ3v) is 4.51. The summed E-state index contributed by atoms with van der Waals surface area (Å²) in [5, 5.41) is 0. The molecule has 0 aliphatic rings. The van der Waals surface area contributed by atoms with Crippen molar-refractivity contribution in [1.82, 2.24) is 0 Å². The Bertz CT molecular complexity index is 321. The summed E-state index contributed by atoms with van der Waals surface area (Å²) in [5.74, 6) is 0. The van der Waals surface area contributed by atoms with Crippen molar-refractivity contribution in [1.29, 1.82) is 0 Å². The summed E-state index contributed by atoms with van der Waals surface area (Å²) in [6, 6.07) is 0. The molecular weight excluding hydrogens is 327 g/mol. The Balaban J connectivity index is 0. The van der Waals surface area contributed by atoms with E-state index >= 15 is 0 Å². The third kappa shape index (κ3) is 19.3. The molecule has 0 heterocycles. The Morgan fingerprint density at radius 1 is 0.864 bits per heavy atom. The first-order valence-corrected chi connectivity index (χ1v) is 11.0. The Morgan fingerprint density at radius 3 is 1.64 bits per heavy atom. The van der Waals surface area contributed by atoms with Crippen LogP contribution >= 0.6 is 0 Å². The molecule has 0 aromatic rings. The maximum Gasteiger partial charge on any atom is 1.00 e. The van der Waals surface area contributed by atoms with Crippen LogP contribution in [-0.4, -0.2) is 14.9 Å². The van der Waals surface area contributed by atoms with E-state index in [9.17, 15) is 8.76 Å². The predicted octanol–water partition coefficient (Wildman–Crippen LogP) is 2.28. The first kappa shape index (κ1) is 25.5. The number of rotatable bonds is 15. The fourth-order valence-corrected chi connectivity index (χ4v) is 3.39. The van der Waals surface area contributed by atoms with Crippen molar-refractivity contribution in [3.63, 3.8) is 0 Å². The van der Waals surface area contributed by atoms with E-state index in [1.165, 1.54) is 44.9 Å². The molecule has 0 N–H and O–H groups in total. The molecule has 0 aliphatic heterocycles. The standard InChI is InChI=1S/C16H34O3S2.Na/c1-3-5-7-9-10-11-13-15-16(19-21(17,18)20)14-12-8-6-4-2;/h16H,3-15H2,1-2H3,(H,17,18,20);/q;+1/p-1. The van der Waals surface area contributed by atoms with E-state index in [0.29, 0.717) is 0 Å². The maximum absolute atomic E-state index is 11.1. The summed E-state index contributed by atoms with van der Waals surface area (Å²) in [6.45, 7) is 4.38.